The van der Waals surface area contributed by atoms with E-state index in [1.807, 2.05) is 24.3 Å². The molecule has 0 fully saturated rings. The number of aromatic carboxylic acids is 2. The maximum absolute atomic E-state index is 10.8. The summed E-state index contributed by atoms with van der Waals surface area (Å²) in [5, 5.41) is 18.4. The van der Waals surface area contributed by atoms with Crippen LogP contribution in [0.15, 0.2) is 42.5 Å². The van der Waals surface area contributed by atoms with Gasteiger partial charge in [-0.2, -0.15) is 0 Å². The zero-order valence-corrected chi connectivity index (χ0v) is 14.6. The van der Waals surface area contributed by atoms with Gasteiger partial charge in [0.05, 0.1) is 11.1 Å². The largest absolute Gasteiger partial charge is 0.478 e. The molecule has 0 unspecified atom stereocenters. The van der Waals surface area contributed by atoms with Crippen LogP contribution in [0.2, 0.25) is 5.02 Å². The molecular weight excluding hydrogens is 419 g/mol. The van der Waals surface area contributed by atoms with Gasteiger partial charge in [0, 0.05) is 8.59 Å². The third-order valence-corrected chi connectivity index (χ3v) is 3.68. The van der Waals surface area contributed by atoms with Crippen molar-refractivity contribution >= 4 is 46.1 Å². The molecule has 4 nitrogen and oxygen atoms in total. The fourth-order valence-electron chi connectivity index (χ4n) is 1.83. The number of carbonyl (C=O) groups is 2. The van der Waals surface area contributed by atoms with Crippen LogP contribution in [0.1, 0.15) is 33.2 Å². The average molecular weight is 433 g/mol. The molecule has 0 atom stereocenters. The first-order valence-electron chi connectivity index (χ1n) is 6.36. The molecule has 0 saturated heterocycles. The van der Waals surface area contributed by atoms with Crippen LogP contribution in [0.5, 0.6) is 0 Å². The molecule has 2 aromatic carbocycles. The highest BCUT2D eigenvalue weighted by atomic mass is 127. The quantitative estimate of drug-likeness (QED) is 0.696. The van der Waals surface area contributed by atoms with Crippen molar-refractivity contribution in [2.24, 2.45) is 0 Å². The Morgan fingerprint density at radius 2 is 1.55 bits per heavy atom. The summed E-state index contributed by atoms with van der Waals surface area (Å²) in [6, 6.07) is 12.0. The maximum atomic E-state index is 10.8. The van der Waals surface area contributed by atoms with Gasteiger partial charge in [-0.1, -0.05) is 30.7 Å². The molecule has 0 radical (unpaired) electrons. The van der Waals surface area contributed by atoms with Gasteiger partial charge in [0.1, 0.15) is 0 Å². The molecule has 0 aliphatic heterocycles. The summed E-state index contributed by atoms with van der Waals surface area (Å²) in [7, 11) is 0. The van der Waals surface area contributed by atoms with Gasteiger partial charge in [-0.3, -0.25) is 0 Å². The van der Waals surface area contributed by atoms with Crippen molar-refractivity contribution in [3.63, 3.8) is 0 Å². The molecule has 6 heteroatoms. The molecule has 22 heavy (non-hydrogen) atoms. The fourth-order valence-corrected chi connectivity index (χ4v) is 2.75. The SMILES string of the molecule is CCc1c(C(=O)O)cccc1C(=O)O.Clc1cccc(I)c1. The summed E-state index contributed by atoms with van der Waals surface area (Å²) in [6.07, 6.45) is 0.393. The molecule has 2 rings (SSSR count). The van der Waals surface area contributed by atoms with Gasteiger partial charge in [0.25, 0.3) is 0 Å². The molecule has 0 saturated carbocycles. The monoisotopic (exact) mass is 432 g/mol. The molecule has 0 bridgehead atoms. The Morgan fingerprint density at radius 1 is 1.05 bits per heavy atom. The van der Waals surface area contributed by atoms with Crippen molar-refractivity contribution in [2.45, 2.75) is 13.3 Å². The molecule has 0 heterocycles. The van der Waals surface area contributed by atoms with E-state index in [1.165, 1.54) is 21.8 Å². The lowest BCUT2D eigenvalue weighted by Gasteiger charge is -2.06. The number of benzene rings is 2. The molecule has 116 valence electrons. The van der Waals surface area contributed by atoms with Gasteiger partial charge in [0.2, 0.25) is 0 Å². The van der Waals surface area contributed by atoms with Crippen LogP contribution in [-0.2, 0) is 6.42 Å². The minimum atomic E-state index is -1.09. The van der Waals surface area contributed by atoms with Crippen molar-refractivity contribution < 1.29 is 19.8 Å². The van der Waals surface area contributed by atoms with E-state index in [4.69, 9.17) is 21.8 Å². The molecule has 0 spiro atoms. The number of carboxylic acid groups (broad SMARTS) is 2. The Labute approximate surface area is 146 Å². The number of rotatable bonds is 3. The van der Waals surface area contributed by atoms with E-state index in [1.54, 1.807) is 6.92 Å². The highest BCUT2D eigenvalue weighted by molar-refractivity contribution is 14.1. The van der Waals surface area contributed by atoms with Crippen molar-refractivity contribution in [1.82, 2.24) is 0 Å². The molecule has 2 aromatic rings. The standard InChI is InChI=1S/C10H10O4.C6H4ClI/c1-2-6-7(9(11)12)4-3-5-8(6)10(13)14;7-5-2-1-3-6(8)4-5/h3-5H,2H2,1H3,(H,11,12)(H,13,14);1-4H. The maximum Gasteiger partial charge on any atom is 0.335 e. The lowest BCUT2D eigenvalue weighted by atomic mass is 9.99. The number of carboxylic acids is 2. The topological polar surface area (TPSA) is 74.6 Å². The van der Waals surface area contributed by atoms with Crippen LogP contribution in [0.3, 0.4) is 0 Å². The summed E-state index contributed by atoms with van der Waals surface area (Å²) < 4.78 is 1.18. The normalized spacial score (nSPS) is 9.59. The Balaban J connectivity index is 0.000000255. The zero-order chi connectivity index (χ0) is 16.7. The third kappa shape index (κ3) is 5.31. The Hall–Kier alpha value is -1.60. The van der Waals surface area contributed by atoms with Crippen molar-refractivity contribution in [3.8, 4) is 0 Å². The first kappa shape index (κ1) is 18.4. The molecule has 0 aliphatic rings. The number of hydrogen-bond donors (Lipinski definition) is 2. The van der Waals surface area contributed by atoms with E-state index < -0.39 is 11.9 Å². The van der Waals surface area contributed by atoms with Crippen LogP contribution in [0, 0.1) is 3.57 Å². The highest BCUT2D eigenvalue weighted by Crippen LogP contribution is 2.16. The average Bonchev–Trinajstić information content (AvgIpc) is 2.46. The predicted octanol–water partition coefficient (Wildman–Crippen LogP) is 4.59. The zero-order valence-electron chi connectivity index (χ0n) is 11.7. The molecule has 2 N–H and O–H groups in total. The van der Waals surface area contributed by atoms with Crippen LogP contribution >= 0.6 is 34.2 Å². The van der Waals surface area contributed by atoms with Crippen LogP contribution in [0.4, 0.5) is 0 Å². The van der Waals surface area contributed by atoms with Gasteiger partial charge in [-0.15, -0.1) is 0 Å². The summed E-state index contributed by atoms with van der Waals surface area (Å²) in [5.41, 5.74) is 0.493. The van der Waals surface area contributed by atoms with E-state index in [-0.39, 0.29) is 11.1 Å². The van der Waals surface area contributed by atoms with Gasteiger partial charge < -0.3 is 10.2 Å². The van der Waals surface area contributed by atoms with E-state index >= 15 is 0 Å². The lowest BCUT2D eigenvalue weighted by Crippen LogP contribution is -2.08. The lowest BCUT2D eigenvalue weighted by molar-refractivity contribution is 0.0695. The first-order valence-corrected chi connectivity index (χ1v) is 7.82. The van der Waals surface area contributed by atoms with E-state index in [0.717, 1.165) is 5.02 Å². The second kappa shape index (κ2) is 8.75. The van der Waals surface area contributed by atoms with Gasteiger partial charge >= 0.3 is 11.9 Å². The van der Waals surface area contributed by atoms with Gasteiger partial charge in [-0.05, 0) is 64.9 Å². The summed E-state index contributed by atoms with van der Waals surface area (Å²) in [6.45, 7) is 1.73. The molecular formula is C16H14ClIO4. The summed E-state index contributed by atoms with van der Waals surface area (Å²) in [5.74, 6) is -2.19. The Morgan fingerprint density at radius 3 is 1.86 bits per heavy atom. The second-order valence-corrected chi connectivity index (χ2v) is 5.92. The van der Waals surface area contributed by atoms with Gasteiger partial charge in [-0.25, -0.2) is 9.59 Å². The number of halogens is 2. The highest BCUT2D eigenvalue weighted by Gasteiger charge is 2.15. The third-order valence-electron chi connectivity index (χ3n) is 2.78. The summed E-state index contributed by atoms with van der Waals surface area (Å²) in [4.78, 5) is 21.5. The Kier molecular flexibility index (Phi) is 7.34. The number of hydrogen-bond acceptors (Lipinski definition) is 2. The minimum absolute atomic E-state index is 0.0624. The molecule has 0 aliphatic carbocycles. The van der Waals surface area contributed by atoms with Crippen LogP contribution in [0.25, 0.3) is 0 Å². The van der Waals surface area contributed by atoms with E-state index in [0.29, 0.717) is 12.0 Å². The molecule has 0 amide bonds. The first-order chi connectivity index (χ1) is 10.4. The Bertz CT molecular complexity index is 636. The van der Waals surface area contributed by atoms with E-state index in [9.17, 15) is 9.59 Å². The van der Waals surface area contributed by atoms with E-state index in [2.05, 4.69) is 22.6 Å². The van der Waals surface area contributed by atoms with Gasteiger partial charge in [0.15, 0.2) is 0 Å². The second-order valence-electron chi connectivity index (χ2n) is 4.24. The van der Waals surface area contributed by atoms with Crippen LogP contribution in [-0.4, -0.2) is 22.2 Å². The fraction of sp³-hybridized carbons (Fsp3) is 0.125. The predicted molar refractivity (Wildman–Crippen MR) is 93.9 cm³/mol. The summed E-state index contributed by atoms with van der Waals surface area (Å²) >= 11 is 7.86. The smallest absolute Gasteiger partial charge is 0.335 e. The minimum Gasteiger partial charge on any atom is -0.478 e. The van der Waals surface area contributed by atoms with Crippen LogP contribution < -0.4 is 0 Å². The van der Waals surface area contributed by atoms with Crippen molar-refractivity contribution in [1.29, 1.82) is 0 Å². The van der Waals surface area contributed by atoms with Crippen molar-refractivity contribution in [3.05, 3.63) is 67.7 Å². The van der Waals surface area contributed by atoms with Crippen molar-refractivity contribution in [2.75, 3.05) is 0 Å². The molecule has 0 aromatic heterocycles.